The van der Waals surface area contributed by atoms with Crippen molar-refractivity contribution >= 4 is 0 Å². The molecule has 1 aliphatic rings. The standard InChI is InChI=1S/C18H16N2O4/c1-22-11-4-6-15(23-2)13(8-11)17-12-5-3-10(21)7-16(12)24-18(20)14(17)9-19/h3-8,17,21H,20H2,1-2H3/t17-/m0/s1. The molecule has 24 heavy (non-hydrogen) atoms. The van der Waals surface area contributed by atoms with Crippen LogP contribution in [0, 0.1) is 11.3 Å². The Bertz CT molecular complexity index is 868. The molecule has 6 heteroatoms. The SMILES string of the molecule is COc1ccc(OC)c([C@H]2C(C#N)=C(N)Oc3cc(O)ccc32)c1. The lowest BCUT2D eigenvalue weighted by Crippen LogP contribution is -2.21. The molecule has 1 heterocycles. The number of phenols is 1. The number of phenolic OH excluding ortho intramolecular Hbond substituents is 1. The van der Waals surface area contributed by atoms with Gasteiger partial charge < -0.3 is 25.1 Å². The van der Waals surface area contributed by atoms with Gasteiger partial charge in [0.15, 0.2) is 0 Å². The van der Waals surface area contributed by atoms with E-state index in [1.165, 1.54) is 6.07 Å². The number of aromatic hydroxyl groups is 1. The first-order chi connectivity index (χ1) is 11.6. The van der Waals surface area contributed by atoms with E-state index >= 15 is 0 Å². The normalized spacial score (nSPS) is 16.0. The average Bonchev–Trinajstić information content (AvgIpc) is 2.59. The van der Waals surface area contributed by atoms with E-state index < -0.39 is 5.92 Å². The fourth-order valence-electron chi connectivity index (χ4n) is 2.83. The molecule has 1 atom stereocenters. The van der Waals surface area contributed by atoms with Crippen LogP contribution in [-0.2, 0) is 0 Å². The number of nitriles is 1. The molecule has 0 amide bonds. The van der Waals surface area contributed by atoms with Gasteiger partial charge in [-0.2, -0.15) is 5.26 Å². The Labute approximate surface area is 139 Å². The number of ether oxygens (including phenoxy) is 3. The summed E-state index contributed by atoms with van der Waals surface area (Å²) in [5.74, 6) is 1.21. The third kappa shape index (κ3) is 2.46. The van der Waals surface area contributed by atoms with Crippen LogP contribution >= 0.6 is 0 Å². The minimum Gasteiger partial charge on any atom is -0.508 e. The van der Waals surface area contributed by atoms with Crippen LogP contribution in [0.3, 0.4) is 0 Å². The van der Waals surface area contributed by atoms with Gasteiger partial charge in [-0.25, -0.2) is 0 Å². The maximum Gasteiger partial charge on any atom is 0.205 e. The molecule has 0 bridgehead atoms. The Balaban J connectivity index is 2.28. The van der Waals surface area contributed by atoms with Crippen molar-refractivity contribution in [1.82, 2.24) is 0 Å². The largest absolute Gasteiger partial charge is 0.508 e. The van der Waals surface area contributed by atoms with Gasteiger partial charge in [0.25, 0.3) is 0 Å². The van der Waals surface area contributed by atoms with E-state index in [0.717, 1.165) is 5.56 Å². The molecule has 6 nitrogen and oxygen atoms in total. The Hall–Kier alpha value is -3.33. The number of hydrogen-bond donors (Lipinski definition) is 2. The second-order valence-corrected chi connectivity index (χ2v) is 5.25. The Morgan fingerprint density at radius 3 is 2.58 bits per heavy atom. The molecule has 0 radical (unpaired) electrons. The molecule has 0 fully saturated rings. The molecule has 0 aromatic heterocycles. The Morgan fingerprint density at radius 2 is 1.92 bits per heavy atom. The zero-order valence-corrected chi connectivity index (χ0v) is 13.2. The summed E-state index contributed by atoms with van der Waals surface area (Å²) >= 11 is 0. The lowest BCUT2D eigenvalue weighted by Gasteiger charge is -2.27. The Morgan fingerprint density at radius 1 is 1.12 bits per heavy atom. The van der Waals surface area contributed by atoms with Gasteiger partial charge in [-0.1, -0.05) is 6.07 Å². The van der Waals surface area contributed by atoms with Gasteiger partial charge in [0.05, 0.1) is 20.1 Å². The highest BCUT2D eigenvalue weighted by molar-refractivity contribution is 5.60. The van der Waals surface area contributed by atoms with Crippen LogP contribution in [0.5, 0.6) is 23.0 Å². The summed E-state index contributed by atoms with van der Waals surface area (Å²) in [7, 11) is 3.12. The van der Waals surface area contributed by atoms with Crippen LogP contribution in [-0.4, -0.2) is 19.3 Å². The third-order valence-corrected chi connectivity index (χ3v) is 3.95. The number of allylic oxidation sites excluding steroid dienone is 1. The van der Waals surface area contributed by atoms with E-state index in [4.69, 9.17) is 19.9 Å². The summed E-state index contributed by atoms with van der Waals surface area (Å²) in [5, 5.41) is 19.3. The van der Waals surface area contributed by atoms with Gasteiger partial charge >= 0.3 is 0 Å². The topological polar surface area (TPSA) is 97.7 Å². The fraction of sp³-hybridized carbons (Fsp3) is 0.167. The van der Waals surface area contributed by atoms with Crippen LogP contribution in [0.4, 0.5) is 0 Å². The van der Waals surface area contributed by atoms with E-state index in [9.17, 15) is 10.4 Å². The number of nitrogens with zero attached hydrogens (tertiary/aromatic N) is 1. The maximum absolute atomic E-state index is 9.69. The molecule has 0 saturated heterocycles. The fourth-order valence-corrected chi connectivity index (χ4v) is 2.83. The van der Waals surface area contributed by atoms with E-state index in [1.54, 1.807) is 44.6 Å². The summed E-state index contributed by atoms with van der Waals surface area (Å²) in [6.45, 7) is 0. The van der Waals surface area contributed by atoms with Crippen molar-refractivity contribution in [3.8, 4) is 29.1 Å². The van der Waals surface area contributed by atoms with Gasteiger partial charge in [-0.05, 0) is 24.3 Å². The maximum atomic E-state index is 9.69. The van der Waals surface area contributed by atoms with Crippen LogP contribution < -0.4 is 19.9 Å². The summed E-state index contributed by atoms with van der Waals surface area (Å²) in [6, 6.07) is 12.2. The van der Waals surface area contributed by atoms with Crippen LogP contribution in [0.2, 0.25) is 0 Å². The molecule has 2 aromatic carbocycles. The number of fused-ring (bicyclic) bond motifs is 1. The van der Waals surface area contributed by atoms with E-state index in [1.807, 2.05) is 0 Å². The molecule has 0 unspecified atom stereocenters. The zero-order chi connectivity index (χ0) is 17.3. The summed E-state index contributed by atoms with van der Waals surface area (Å²) in [4.78, 5) is 0. The highest BCUT2D eigenvalue weighted by atomic mass is 16.5. The third-order valence-electron chi connectivity index (χ3n) is 3.95. The van der Waals surface area contributed by atoms with Crippen molar-refractivity contribution in [2.75, 3.05) is 14.2 Å². The number of methoxy groups -OCH3 is 2. The predicted molar refractivity (Wildman–Crippen MR) is 87.0 cm³/mol. The predicted octanol–water partition coefficient (Wildman–Crippen LogP) is 2.63. The summed E-state index contributed by atoms with van der Waals surface area (Å²) in [5.41, 5.74) is 7.64. The first-order valence-corrected chi connectivity index (χ1v) is 7.21. The molecular formula is C18H16N2O4. The van der Waals surface area contributed by atoms with Crippen molar-refractivity contribution in [2.24, 2.45) is 5.73 Å². The Kier molecular flexibility index (Phi) is 3.92. The first-order valence-electron chi connectivity index (χ1n) is 7.21. The van der Waals surface area contributed by atoms with Crippen LogP contribution in [0.15, 0.2) is 47.9 Å². The van der Waals surface area contributed by atoms with Gasteiger partial charge in [0.1, 0.15) is 34.6 Å². The van der Waals surface area contributed by atoms with Gasteiger partial charge in [0.2, 0.25) is 5.88 Å². The van der Waals surface area contributed by atoms with Crippen molar-refractivity contribution in [3.05, 3.63) is 59.0 Å². The molecular weight excluding hydrogens is 308 g/mol. The highest BCUT2D eigenvalue weighted by Crippen LogP contribution is 2.46. The molecule has 3 rings (SSSR count). The number of hydrogen-bond acceptors (Lipinski definition) is 6. The number of benzene rings is 2. The van der Waals surface area contributed by atoms with E-state index in [2.05, 4.69) is 6.07 Å². The average molecular weight is 324 g/mol. The van der Waals surface area contributed by atoms with E-state index in [-0.39, 0.29) is 17.2 Å². The number of nitrogens with two attached hydrogens (primary N) is 1. The minimum absolute atomic E-state index is 0.00507. The van der Waals surface area contributed by atoms with Crippen molar-refractivity contribution < 1.29 is 19.3 Å². The quantitative estimate of drug-likeness (QED) is 0.900. The lowest BCUT2D eigenvalue weighted by atomic mass is 9.83. The molecule has 3 N–H and O–H groups in total. The molecule has 122 valence electrons. The van der Waals surface area contributed by atoms with Crippen molar-refractivity contribution in [2.45, 2.75) is 5.92 Å². The highest BCUT2D eigenvalue weighted by Gasteiger charge is 2.33. The number of rotatable bonds is 3. The molecule has 0 spiro atoms. The second kappa shape index (κ2) is 6.05. The van der Waals surface area contributed by atoms with Gasteiger partial charge in [-0.3, -0.25) is 0 Å². The van der Waals surface area contributed by atoms with Gasteiger partial charge in [0, 0.05) is 17.2 Å². The summed E-state index contributed by atoms with van der Waals surface area (Å²) in [6.07, 6.45) is 0. The lowest BCUT2D eigenvalue weighted by molar-refractivity contribution is 0.380. The van der Waals surface area contributed by atoms with Crippen molar-refractivity contribution in [1.29, 1.82) is 5.26 Å². The van der Waals surface area contributed by atoms with E-state index in [0.29, 0.717) is 22.8 Å². The first kappa shape index (κ1) is 15.6. The minimum atomic E-state index is -0.482. The zero-order valence-electron chi connectivity index (χ0n) is 13.2. The molecule has 2 aromatic rings. The smallest absolute Gasteiger partial charge is 0.205 e. The van der Waals surface area contributed by atoms with Crippen LogP contribution in [0.1, 0.15) is 17.0 Å². The molecule has 0 aliphatic carbocycles. The molecule has 1 aliphatic heterocycles. The van der Waals surface area contributed by atoms with Gasteiger partial charge in [-0.15, -0.1) is 0 Å². The monoisotopic (exact) mass is 324 g/mol. The second-order valence-electron chi connectivity index (χ2n) is 5.25. The van der Waals surface area contributed by atoms with Crippen LogP contribution in [0.25, 0.3) is 0 Å². The van der Waals surface area contributed by atoms with Crippen molar-refractivity contribution in [3.63, 3.8) is 0 Å². The summed E-state index contributed by atoms with van der Waals surface area (Å²) < 4.78 is 16.2. The molecule has 0 saturated carbocycles.